The fraction of sp³-hybridized carbons (Fsp3) is 0.333. The van der Waals surface area contributed by atoms with Crippen molar-refractivity contribution in [3.05, 3.63) is 21.9 Å². The van der Waals surface area contributed by atoms with Gasteiger partial charge in [0.05, 0.1) is 0 Å². The maximum Gasteiger partial charge on any atom is 0.203 e. The third kappa shape index (κ3) is 1.44. The van der Waals surface area contributed by atoms with E-state index in [-0.39, 0.29) is 0 Å². The predicted octanol–water partition coefficient (Wildman–Crippen LogP) is 2.06. The fourth-order valence-corrected chi connectivity index (χ4v) is 1.27. The van der Waals surface area contributed by atoms with E-state index in [0.29, 0.717) is 0 Å². The van der Waals surface area contributed by atoms with Crippen LogP contribution in [0.4, 0.5) is 4.39 Å². The summed E-state index contributed by atoms with van der Waals surface area (Å²) in [7, 11) is 1.72. The SMILES string of the molecule is CN1C=CC=C(I)C1F. The topological polar surface area (TPSA) is 3.24 Å². The lowest BCUT2D eigenvalue weighted by Crippen LogP contribution is -2.24. The zero-order chi connectivity index (χ0) is 6.85. The van der Waals surface area contributed by atoms with Gasteiger partial charge in [0.1, 0.15) is 0 Å². The fourth-order valence-electron chi connectivity index (χ4n) is 0.620. The first-order chi connectivity index (χ1) is 4.22. The smallest absolute Gasteiger partial charge is 0.203 e. The summed E-state index contributed by atoms with van der Waals surface area (Å²) < 4.78 is 13.5. The molecule has 1 aliphatic rings. The summed E-state index contributed by atoms with van der Waals surface area (Å²) in [6, 6.07) is 0. The van der Waals surface area contributed by atoms with Gasteiger partial charge in [-0.2, -0.15) is 0 Å². The van der Waals surface area contributed by atoms with Gasteiger partial charge in [0.15, 0.2) is 0 Å². The van der Waals surface area contributed by atoms with Gasteiger partial charge >= 0.3 is 0 Å². The second kappa shape index (κ2) is 2.68. The van der Waals surface area contributed by atoms with E-state index in [4.69, 9.17) is 0 Å². The van der Waals surface area contributed by atoms with Crippen molar-refractivity contribution < 1.29 is 4.39 Å². The molecular weight excluding hydrogens is 232 g/mol. The van der Waals surface area contributed by atoms with Gasteiger partial charge in [-0.1, -0.05) is 0 Å². The number of likely N-dealkylation sites (N-methyl/N-ethyl adjacent to an activating group) is 1. The van der Waals surface area contributed by atoms with Crippen molar-refractivity contribution in [1.82, 2.24) is 4.90 Å². The lowest BCUT2D eigenvalue weighted by atomic mass is 10.3. The molecule has 0 bridgehead atoms. The summed E-state index contributed by atoms with van der Waals surface area (Å²) in [5.74, 6) is 0. The van der Waals surface area contributed by atoms with Crippen molar-refractivity contribution in [2.75, 3.05) is 7.05 Å². The Labute approximate surface area is 67.4 Å². The summed E-state index contributed by atoms with van der Waals surface area (Å²) in [6.45, 7) is 0. The van der Waals surface area contributed by atoms with Crippen LogP contribution in [-0.4, -0.2) is 18.2 Å². The summed E-state index contributed by atoms with van der Waals surface area (Å²) in [5.41, 5.74) is 0. The van der Waals surface area contributed by atoms with Gasteiger partial charge in [-0.25, -0.2) is 4.39 Å². The van der Waals surface area contributed by atoms with E-state index >= 15 is 0 Å². The molecule has 1 aliphatic heterocycles. The summed E-state index contributed by atoms with van der Waals surface area (Å²) in [5, 5.41) is 0. The zero-order valence-electron chi connectivity index (χ0n) is 5.01. The molecule has 0 aliphatic carbocycles. The molecule has 0 aromatic heterocycles. The molecule has 0 N–H and O–H groups in total. The number of alkyl halides is 1. The highest BCUT2D eigenvalue weighted by Crippen LogP contribution is 2.21. The van der Waals surface area contributed by atoms with Crippen LogP contribution in [0.3, 0.4) is 0 Å². The quantitative estimate of drug-likeness (QED) is 0.462. The molecule has 0 spiro atoms. The second-order valence-corrected chi connectivity index (χ2v) is 3.14. The maximum absolute atomic E-state index is 12.8. The van der Waals surface area contributed by atoms with E-state index in [2.05, 4.69) is 0 Å². The Morgan fingerprint density at radius 3 is 2.89 bits per heavy atom. The molecule has 0 saturated carbocycles. The molecule has 1 heterocycles. The Balaban J connectivity index is 2.73. The van der Waals surface area contributed by atoms with Gasteiger partial charge in [-0.15, -0.1) is 0 Å². The minimum atomic E-state index is -0.935. The largest absolute Gasteiger partial charge is 0.347 e. The van der Waals surface area contributed by atoms with Gasteiger partial charge in [-0.3, -0.25) is 0 Å². The highest BCUT2D eigenvalue weighted by molar-refractivity contribution is 14.1. The van der Waals surface area contributed by atoms with E-state index in [0.717, 1.165) is 3.58 Å². The summed E-state index contributed by atoms with van der Waals surface area (Å²) in [4.78, 5) is 1.53. The Bertz CT molecular complexity index is 164. The Hall–Kier alpha value is -0.0600. The molecule has 0 fully saturated rings. The zero-order valence-corrected chi connectivity index (χ0v) is 7.17. The molecule has 1 rings (SSSR count). The Morgan fingerprint density at radius 1 is 1.78 bits per heavy atom. The average molecular weight is 239 g/mol. The third-order valence-corrected chi connectivity index (χ3v) is 2.04. The number of hydrogen-bond donors (Lipinski definition) is 0. The van der Waals surface area contributed by atoms with Crippen LogP contribution < -0.4 is 0 Å². The normalized spacial score (nSPS) is 26.3. The van der Waals surface area contributed by atoms with Crippen molar-refractivity contribution in [1.29, 1.82) is 0 Å². The molecule has 1 nitrogen and oxygen atoms in total. The first-order valence-electron chi connectivity index (χ1n) is 2.61. The summed E-state index contributed by atoms with van der Waals surface area (Å²) in [6.07, 6.45) is 4.38. The summed E-state index contributed by atoms with van der Waals surface area (Å²) >= 11 is 1.99. The average Bonchev–Trinajstić information content (AvgIpc) is 1.83. The number of halogens is 2. The van der Waals surface area contributed by atoms with Crippen LogP contribution in [0.15, 0.2) is 21.9 Å². The molecule has 9 heavy (non-hydrogen) atoms. The van der Waals surface area contributed by atoms with Gasteiger partial charge in [0, 0.05) is 16.8 Å². The molecule has 1 atom stereocenters. The number of allylic oxidation sites excluding steroid dienone is 2. The predicted molar refractivity (Wildman–Crippen MR) is 43.9 cm³/mol. The molecule has 0 radical (unpaired) electrons. The van der Waals surface area contributed by atoms with Crippen LogP contribution >= 0.6 is 22.6 Å². The molecule has 0 amide bonds. The molecule has 50 valence electrons. The van der Waals surface area contributed by atoms with Crippen LogP contribution in [0.2, 0.25) is 0 Å². The minimum Gasteiger partial charge on any atom is -0.347 e. The van der Waals surface area contributed by atoms with E-state index in [1.54, 1.807) is 19.3 Å². The first kappa shape index (κ1) is 7.05. The van der Waals surface area contributed by atoms with Gasteiger partial charge < -0.3 is 4.90 Å². The number of nitrogens with zero attached hydrogens (tertiary/aromatic N) is 1. The molecule has 3 heteroatoms. The Morgan fingerprint density at radius 2 is 2.44 bits per heavy atom. The molecular formula is C6H7FIN. The molecule has 0 saturated heterocycles. The first-order valence-corrected chi connectivity index (χ1v) is 3.69. The lowest BCUT2D eigenvalue weighted by molar-refractivity contribution is 0.205. The standard InChI is InChI=1S/C6H7FIN/c1-9-4-2-3-5(8)6(9)7/h2-4,6H,1H3. The van der Waals surface area contributed by atoms with Crippen molar-refractivity contribution >= 4 is 22.6 Å². The highest BCUT2D eigenvalue weighted by atomic mass is 127. The minimum absolute atomic E-state index is 0.734. The number of rotatable bonds is 0. The van der Waals surface area contributed by atoms with Gasteiger partial charge in [-0.05, 0) is 34.7 Å². The van der Waals surface area contributed by atoms with Crippen molar-refractivity contribution in [3.63, 3.8) is 0 Å². The molecule has 1 unspecified atom stereocenters. The van der Waals surface area contributed by atoms with E-state index in [1.165, 1.54) is 4.90 Å². The van der Waals surface area contributed by atoms with E-state index < -0.39 is 6.30 Å². The van der Waals surface area contributed by atoms with Crippen LogP contribution in [-0.2, 0) is 0 Å². The Kier molecular flexibility index (Phi) is 2.10. The lowest BCUT2D eigenvalue weighted by Gasteiger charge is -2.21. The van der Waals surface area contributed by atoms with E-state index in [1.807, 2.05) is 28.7 Å². The van der Waals surface area contributed by atoms with Crippen LogP contribution in [0.25, 0.3) is 0 Å². The van der Waals surface area contributed by atoms with Crippen molar-refractivity contribution in [2.24, 2.45) is 0 Å². The molecule has 0 aromatic rings. The molecule has 0 aromatic carbocycles. The second-order valence-electron chi connectivity index (χ2n) is 1.89. The van der Waals surface area contributed by atoms with Crippen LogP contribution in [0, 0.1) is 0 Å². The highest BCUT2D eigenvalue weighted by Gasteiger charge is 2.14. The van der Waals surface area contributed by atoms with Crippen molar-refractivity contribution in [2.45, 2.75) is 6.30 Å². The van der Waals surface area contributed by atoms with Crippen LogP contribution in [0.5, 0.6) is 0 Å². The number of hydrogen-bond acceptors (Lipinski definition) is 1. The van der Waals surface area contributed by atoms with Gasteiger partial charge in [0.25, 0.3) is 0 Å². The maximum atomic E-state index is 12.8. The monoisotopic (exact) mass is 239 g/mol. The van der Waals surface area contributed by atoms with Gasteiger partial charge in [0.2, 0.25) is 6.30 Å². The third-order valence-electron chi connectivity index (χ3n) is 1.16. The van der Waals surface area contributed by atoms with Crippen LogP contribution in [0.1, 0.15) is 0 Å². The van der Waals surface area contributed by atoms with Crippen molar-refractivity contribution in [3.8, 4) is 0 Å². The van der Waals surface area contributed by atoms with E-state index in [9.17, 15) is 4.39 Å².